The molecule has 3 atom stereocenters. The molecule has 0 aromatic rings. The van der Waals surface area contributed by atoms with Gasteiger partial charge in [-0.2, -0.15) is 0 Å². The van der Waals surface area contributed by atoms with Crippen molar-refractivity contribution in [3.8, 4) is 0 Å². The summed E-state index contributed by atoms with van der Waals surface area (Å²) in [6.45, 7) is 2.39. The van der Waals surface area contributed by atoms with E-state index in [1.54, 1.807) is 5.57 Å². The van der Waals surface area contributed by atoms with Crippen LogP contribution in [0.15, 0.2) is 11.1 Å². The number of rotatable bonds is 0. The fourth-order valence-corrected chi connectivity index (χ4v) is 3.46. The maximum atomic E-state index is 2.39. The van der Waals surface area contributed by atoms with Crippen molar-refractivity contribution in [1.82, 2.24) is 0 Å². The van der Waals surface area contributed by atoms with Gasteiger partial charge >= 0.3 is 0 Å². The molecule has 3 aliphatic carbocycles. The van der Waals surface area contributed by atoms with Gasteiger partial charge in [0.05, 0.1) is 0 Å². The zero-order chi connectivity index (χ0) is 7.42. The van der Waals surface area contributed by atoms with Crippen molar-refractivity contribution >= 4 is 0 Å². The monoisotopic (exact) mass is 148 g/mol. The second-order valence-electron chi connectivity index (χ2n) is 4.57. The van der Waals surface area contributed by atoms with E-state index < -0.39 is 0 Å². The molecule has 3 aliphatic rings. The van der Waals surface area contributed by atoms with Crippen LogP contribution in [0.2, 0.25) is 0 Å². The van der Waals surface area contributed by atoms with Crippen molar-refractivity contribution < 1.29 is 0 Å². The molecule has 0 aliphatic heterocycles. The average Bonchev–Trinajstić information content (AvgIpc) is 2.78. The van der Waals surface area contributed by atoms with Gasteiger partial charge < -0.3 is 0 Å². The molecule has 2 unspecified atom stereocenters. The predicted octanol–water partition coefficient (Wildman–Crippen LogP) is 3.14. The van der Waals surface area contributed by atoms with E-state index in [1.807, 2.05) is 5.57 Å². The molecule has 0 nitrogen and oxygen atoms in total. The SMILES string of the molecule is CC1=C2CC2C2CCCC[C@@H]12. The Labute approximate surface area is 68.7 Å². The molecular weight excluding hydrogens is 132 g/mol. The molecule has 0 N–H and O–H groups in total. The lowest BCUT2D eigenvalue weighted by molar-refractivity contribution is 0.262. The van der Waals surface area contributed by atoms with Crippen LogP contribution in [-0.4, -0.2) is 0 Å². The molecule has 0 bridgehead atoms. The normalized spacial score (nSPS) is 47.2. The minimum Gasteiger partial charge on any atom is -0.0704 e. The van der Waals surface area contributed by atoms with Crippen LogP contribution in [0.3, 0.4) is 0 Å². The molecule has 0 heteroatoms. The van der Waals surface area contributed by atoms with E-state index in [1.165, 1.54) is 32.1 Å². The van der Waals surface area contributed by atoms with Crippen LogP contribution in [-0.2, 0) is 0 Å². The lowest BCUT2D eigenvalue weighted by Gasteiger charge is -2.28. The standard InChI is InChI=1S/C11H16/c1-7-8-4-2-3-5-9(8)11-6-10(7)11/h8-9,11H,2-6H2,1H3/t8-,9?,11?/m0/s1. The minimum absolute atomic E-state index is 1.04. The van der Waals surface area contributed by atoms with E-state index in [4.69, 9.17) is 0 Å². The first kappa shape index (κ1) is 6.28. The van der Waals surface area contributed by atoms with Crippen LogP contribution in [0.1, 0.15) is 39.0 Å². The summed E-state index contributed by atoms with van der Waals surface area (Å²) in [5.74, 6) is 3.23. The first-order chi connectivity index (χ1) is 5.38. The van der Waals surface area contributed by atoms with Crippen molar-refractivity contribution in [3.05, 3.63) is 11.1 Å². The minimum atomic E-state index is 1.04. The van der Waals surface area contributed by atoms with Gasteiger partial charge in [0.1, 0.15) is 0 Å². The highest BCUT2D eigenvalue weighted by atomic mass is 14.5. The van der Waals surface area contributed by atoms with Crippen LogP contribution >= 0.6 is 0 Å². The Bertz CT molecular complexity index is 224. The van der Waals surface area contributed by atoms with Crippen LogP contribution in [0.5, 0.6) is 0 Å². The van der Waals surface area contributed by atoms with Crippen LogP contribution in [0, 0.1) is 17.8 Å². The Kier molecular flexibility index (Phi) is 1.09. The third-order valence-corrected chi connectivity index (χ3v) is 4.13. The van der Waals surface area contributed by atoms with Crippen LogP contribution in [0.25, 0.3) is 0 Å². The Hall–Kier alpha value is -0.260. The fourth-order valence-electron chi connectivity index (χ4n) is 3.46. The maximum Gasteiger partial charge on any atom is -0.0129 e. The lowest BCUT2D eigenvalue weighted by Crippen LogP contribution is -2.18. The van der Waals surface area contributed by atoms with E-state index in [0.717, 1.165) is 17.8 Å². The van der Waals surface area contributed by atoms with E-state index in [2.05, 4.69) is 6.92 Å². The lowest BCUT2D eigenvalue weighted by atomic mass is 9.76. The van der Waals surface area contributed by atoms with Crippen molar-refractivity contribution in [2.45, 2.75) is 39.0 Å². The van der Waals surface area contributed by atoms with Gasteiger partial charge in [0.25, 0.3) is 0 Å². The molecule has 0 saturated heterocycles. The highest BCUT2D eigenvalue weighted by molar-refractivity contribution is 5.38. The molecule has 0 aromatic carbocycles. The van der Waals surface area contributed by atoms with Gasteiger partial charge in [-0.05, 0) is 43.9 Å². The molecule has 0 heterocycles. The van der Waals surface area contributed by atoms with Gasteiger partial charge in [-0.3, -0.25) is 0 Å². The largest absolute Gasteiger partial charge is 0.0704 e. The zero-order valence-electron chi connectivity index (χ0n) is 7.27. The van der Waals surface area contributed by atoms with Gasteiger partial charge in [0.15, 0.2) is 0 Å². The summed E-state index contributed by atoms with van der Waals surface area (Å²) in [6, 6.07) is 0. The molecule has 3 rings (SSSR count). The van der Waals surface area contributed by atoms with Crippen molar-refractivity contribution in [1.29, 1.82) is 0 Å². The summed E-state index contributed by atoms with van der Waals surface area (Å²) in [5.41, 5.74) is 3.67. The van der Waals surface area contributed by atoms with Gasteiger partial charge in [-0.15, -0.1) is 0 Å². The molecule has 2 fully saturated rings. The number of hydrogen-bond donors (Lipinski definition) is 0. The number of allylic oxidation sites excluding steroid dienone is 2. The maximum absolute atomic E-state index is 2.39. The summed E-state index contributed by atoms with van der Waals surface area (Å²) >= 11 is 0. The highest BCUT2D eigenvalue weighted by Gasteiger charge is 2.49. The van der Waals surface area contributed by atoms with Crippen molar-refractivity contribution in [2.75, 3.05) is 0 Å². The fraction of sp³-hybridized carbons (Fsp3) is 0.818. The van der Waals surface area contributed by atoms with E-state index in [0.29, 0.717) is 0 Å². The van der Waals surface area contributed by atoms with E-state index in [-0.39, 0.29) is 0 Å². The molecular formula is C11H16. The molecule has 0 amide bonds. The Balaban J connectivity index is 1.93. The molecule has 60 valence electrons. The van der Waals surface area contributed by atoms with Gasteiger partial charge in [-0.1, -0.05) is 24.0 Å². The second kappa shape index (κ2) is 1.91. The van der Waals surface area contributed by atoms with E-state index in [9.17, 15) is 0 Å². The number of fused-ring (bicyclic) bond motifs is 3. The quantitative estimate of drug-likeness (QED) is 0.463. The van der Waals surface area contributed by atoms with Gasteiger partial charge in [0.2, 0.25) is 0 Å². The smallest absolute Gasteiger partial charge is 0.0129 e. The molecule has 0 spiro atoms. The topological polar surface area (TPSA) is 0 Å². The van der Waals surface area contributed by atoms with Crippen molar-refractivity contribution in [2.24, 2.45) is 17.8 Å². The van der Waals surface area contributed by atoms with E-state index >= 15 is 0 Å². The summed E-state index contributed by atoms with van der Waals surface area (Å²) in [6.07, 6.45) is 7.54. The first-order valence-electron chi connectivity index (χ1n) is 5.07. The van der Waals surface area contributed by atoms with Gasteiger partial charge in [-0.25, -0.2) is 0 Å². The summed E-state index contributed by atoms with van der Waals surface area (Å²) in [4.78, 5) is 0. The van der Waals surface area contributed by atoms with Crippen molar-refractivity contribution in [3.63, 3.8) is 0 Å². The molecule has 0 aromatic heterocycles. The van der Waals surface area contributed by atoms with Crippen LogP contribution in [0.4, 0.5) is 0 Å². The summed E-state index contributed by atoms with van der Waals surface area (Å²) < 4.78 is 0. The second-order valence-corrected chi connectivity index (χ2v) is 4.57. The Morgan fingerprint density at radius 3 is 2.73 bits per heavy atom. The predicted molar refractivity (Wildman–Crippen MR) is 46.3 cm³/mol. The Morgan fingerprint density at radius 1 is 1.09 bits per heavy atom. The third kappa shape index (κ3) is 0.706. The number of hydrogen-bond acceptors (Lipinski definition) is 0. The highest BCUT2D eigenvalue weighted by Crippen LogP contribution is 2.60. The molecule has 2 saturated carbocycles. The zero-order valence-corrected chi connectivity index (χ0v) is 7.27. The summed E-state index contributed by atoms with van der Waals surface area (Å²) in [5, 5.41) is 0. The van der Waals surface area contributed by atoms with Gasteiger partial charge in [0, 0.05) is 0 Å². The summed E-state index contributed by atoms with van der Waals surface area (Å²) in [7, 11) is 0. The molecule has 0 radical (unpaired) electrons. The molecule has 11 heavy (non-hydrogen) atoms. The van der Waals surface area contributed by atoms with Crippen LogP contribution < -0.4 is 0 Å². The average molecular weight is 148 g/mol. The first-order valence-corrected chi connectivity index (χ1v) is 5.07. The Morgan fingerprint density at radius 2 is 1.91 bits per heavy atom. The third-order valence-electron chi connectivity index (χ3n) is 4.13.